The van der Waals surface area contributed by atoms with Crippen molar-refractivity contribution in [3.05, 3.63) is 10.6 Å². The van der Waals surface area contributed by atoms with Crippen LogP contribution >= 0.6 is 11.3 Å². The van der Waals surface area contributed by atoms with Crippen LogP contribution < -0.4 is 5.32 Å². The highest BCUT2D eigenvalue weighted by Gasteiger charge is 2.55. The van der Waals surface area contributed by atoms with Gasteiger partial charge in [-0.15, -0.1) is 11.3 Å². The lowest BCUT2D eigenvalue weighted by Crippen LogP contribution is -2.49. The first-order valence-corrected chi connectivity index (χ1v) is 9.56. The van der Waals surface area contributed by atoms with Crippen molar-refractivity contribution >= 4 is 34.3 Å². The van der Waals surface area contributed by atoms with E-state index in [4.69, 9.17) is 0 Å². The first kappa shape index (κ1) is 17.8. The average Bonchev–Trinajstić information content (AvgIpc) is 3.03. The highest BCUT2D eigenvalue weighted by Crippen LogP contribution is 2.39. The van der Waals surface area contributed by atoms with Crippen LogP contribution in [0.4, 0.5) is 9.93 Å². The molecule has 0 bridgehead atoms. The number of rotatable bonds is 4. The minimum Gasteiger partial charge on any atom is -0.313 e. The Balaban J connectivity index is 1.70. The molecule has 0 aromatic carbocycles. The summed E-state index contributed by atoms with van der Waals surface area (Å²) in [6.45, 7) is 3.71. The minimum absolute atomic E-state index is 0.237. The van der Waals surface area contributed by atoms with Gasteiger partial charge < -0.3 is 10.2 Å². The molecule has 25 heavy (non-hydrogen) atoms. The van der Waals surface area contributed by atoms with E-state index in [-0.39, 0.29) is 24.4 Å². The number of aromatic nitrogens is 1. The quantitative estimate of drug-likeness (QED) is 0.833. The number of nitrogens with one attached hydrogen (secondary N) is 1. The van der Waals surface area contributed by atoms with Gasteiger partial charge in [0.1, 0.15) is 12.1 Å². The summed E-state index contributed by atoms with van der Waals surface area (Å²) in [5.74, 6) is -0.626. The molecule has 1 aliphatic carbocycles. The number of urea groups is 1. The second-order valence-electron chi connectivity index (χ2n) is 6.75. The molecule has 1 aromatic heterocycles. The Hall–Kier alpha value is -1.96. The van der Waals surface area contributed by atoms with E-state index in [1.165, 1.54) is 16.2 Å². The number of carbonyl (C=O) groups excluding carboxylic acids is 3. The molecule has 2 aliphatic rings. The maximum Gasteiger partial charge on any atom is 0.327 e. The number of carbonyl (C=O) groups is 3. The summed E-state index contributed by atoms with van der Waals surface area (Å²) >= 11 is 1.41. The molecule has 3 rings (SSSR count). The molecule has 1 aliphatic heterocycles. The van der Waals surface area contributed by atoms with Gasteiger partial charge >= 0.3 is 6.03 Å². The number of thiazole rings is 1. The number of hydrogen-bond donors (Lipinski definition) is 1. The average molecular weight is 364 g/mol. The lowest BCUT2D eigenvalue weighted by atomic mass is 9.81. The van der Waals surface area contributed by atoms with Crippen molar-refractivity contribution in [3.63, 3.8) is 0 Å². The highest BCUT2D eigenvalue weighted by molar-refractivity contribution is 7.15. The first-order chi connectivity index (χ1) is 11.9. The first-order valence-electron chi connectivity index (χ1n) is 8.75. The largest absolute Gasteiger partial charge is 0.327 e. The Labute approximate surface area is 151 Å². The number of anilines is 1. The van der Waals surface area contributed by atoms with Gasteiger partial charge in [-0.3, -0.25) is 14.5 Å². The van der Waals surface area contributed by atoms with E-state index >= 15 is 0 Å². The summed E-state index contributed by atoms with van der Waals surface area (Å²) in [6, 6.07) is -0.383. The molecule has 1 aromatic rings. The number of likely N-dealkylation sites (N-methyl/N-ethyl adjacent to an activating group) is 1. The van der Waals surface area contributed by atoms with Crippen LogP contribution in [0.15, 0.2) is 0 Å². The third-order valence-electron chi connectivity index (χ3n) is 5.26. The van der Waals surface area contributed by atoms with E-state index in [1.807, 2.05) is 13.8 Å². The van der Waals surface area contributed by atoms with Gasteiger partial charge in [0.2, 0.25) is 5.91 Å². The second-order valence-corrected chi connectivity index (χ2v) is 7.95. The van der Waals surface area contributed by atoms with Gasteiger partial charge in [0.15, 0.2) is 5.13 Å². The molecule has 1 saturated heterocycles. The molecule has 136 valence electrons. The number of amides is 4. The predicted octanol–water partition coefficient (Wildman–Crippen LogP) is 2.55. The maximum atomic E-state index is 12.9. The SMILES string of the molecule is CCc1nc(NC(=O)CN2C(=O)N(C)C3(CCCCC3)C2=O)sc1C. The Morgan fingerprint density at radius 3 is 2.56 bits per heavy atom. The topological polar surface area (TPSA) is 82.6 Å². The molecule has 8 heteroatoms. The molecule has 1 N–H and O–H groups in total. The zero-order chi connectivity index (χ0) is 18.2. The fourth-order valence-electron chi connectivity index (χ4n) is 3.78. The molecule has 1 spiro atoms. The molecule has 1 saturated carbocycles. The van der Waals surface area contributed by atoms with Crippen molar-refractivity contribution in [2.75, 3.05) is 18.9 Å². The summed E-state index contributed by atoms with van der Waals surface area (Å²) in [7, 11) is 1.67. The lowest BCUT2D eigenvalue weighted by molar-refractivity contribution is -0.136. The van der Waals surface area contributed by atoms with Crippen LogP contribution in [0.5, 0.6) is 0 Å². The van der Waals surface area contributed by atoms with Crippen molar-refractivity contribution < 1.29 is 14.4 Å². The molecule has 2 fully saturated rings. The number of nitrogens with zero attached hydrogens (tertiary/aromatic N) is 3. The van der Waals surface area contributed by atoms with Crippen molar-refractivity contribution in [1.82, 2.24) is 14.8 Å². The van der Waals surface area contributed by atoms with Crippen LogP contribution in [0.2, 0.25) is 0 Å². The zero-order valence-electron chi connectivity index (χ0n) is 14.9. The molecular weight excluding hydrogens is 340 g/mol. The van der Waals surface area contributed by atoms with E-state index in [2.05, 4.69) is 10.3 Å². The van der Waals surface area contributed by atoms with Crippen LogP contribution in [0.1, 0.15) is 49.6 Å². The third-order valence-corrected chi connectivity index (χ3v) is 6.19. The van der Waals surface area contributed by atoms with E-state index in [0.29, 0.717) is 18.0 Å². The van der Waals surface area contributed by atoms with E-state index in [1.54, 1.807) is 7.05 Å². The van der Waals surface area contributed by atoms with Crippen LogP contribution in [-0.4, -0.2) is 51.8 Å². The predicted molar refractivity (Wildman–Crippen MR) is 95.5 cm³/mol. The smallest absolute Gasteiger partial charge is 0.313 e. The maximum absolute atomic E-state index is 12.9. The van der Waals surface area contributed by atoms with Crippen molar-refractivity contribution in [1.29, 1.82) is 0 Å². The van der Waals surface area contributed by atoms with E-state index in [9.17, 15) is 14.4 Å². The standard InChI is InChI=1S/C17H24N4O3S/c1-4-12-11(2)25-15(18-12)19-13(22)10-21-14(23)17(20(3)16(21)24)8-6-5-7-9-17/h4-10H2,1-3H3,(H,18,19,22). The van der Waals surface area contributed by atoms with Crippen LogP contribution in [-0.2, 0) is 16.0 Å². The Bertz CT molecular complexity index is 709. The van der Waals surface area contributed by atoms with Gasteiger partial charge in [0.25, 0.3) is 5.91 Å². The zero-order valence-corrected chi connectivity index (χ0v) is 15.7. The minimum atomic E-state index is -0.747. The third kappa shape index (κ3) is 3.03. The lowest BCUT2D eigenvalue weighted by Gasteiger charge is -2.35. The Morgan fingerprint density at radius 2 is 1.96 bits per heavy atom. The van der Waals surface area contributed by atoms with Crippen molar-refractivity contribution in [3.8, 4) is 0 Å². The normalized spacial score (nSPS) is 19.8. The van der Waals surface area contributed by atoms with Gasteiger partial charge in [-0.05, 0) is 26.2 Å². The molecule has 2 heterocycles. The summed E-state index contributed by atoms with van der Waals surface area (Å²) in [5.41, 5.74) is 0.206. The highest BCUT2D eigenvalue weighted by atomic mass is 32.1. The summed E-state index contributed by atoms with van der Waals surface area (Å²) in [5, 5.41) is 3.23. The number of hydrogen-bond acceptors (Lipinski definition) is 5. The van der Waals surface area contributed by atoms with Gasteiger partial charge in [0, 0.05) is 11.9 Å². The molecule has 0 radical (unpaired) electrons. The fourth-order valence-corrected chi connectivity index (χ4v) is 4.70. The second kappa shape index (κ2) is 6.74. The Kier molecular flexibility index (Phi) is 4.81. The van der Waals surface area contributed by atoms with Gasteiger partial charge in [-0.2, -0.15) is 0 Å². The van der Waals surface area contributed by atoms with Gasteiger partial charge in [0.05, 0.1) is 5.69 Å². The van der Waals surface area contributed by atoms with Crippen molar-refractivity contribution in [2.45, 2.75) is 57.9 Å². The molecule has 0 atom stereocenters. The fraction of sp³-hybridized carbons (Fsp3) is 0.647. The van der Waals surface area contributed by atoms with Crippen molar-refractivity contribution in [2.24, 2.45) is 0 Å². The van der Waals surface area contributed by atoms with Crippen LogP contribution in [0, 0.1) is 6.92 Å². The number of imide groups is 1. The Morgan fingerprint density at radius 1 is 1.28 bits per heavy atom. The van der Waals surface area contributed by atoms with E-state index in [0.717, 1.165) is 41.2 Å². The molecular formula is C17H24N4O3S. The monoisotopic (exact) mass is 364 g/mol. The van der Waals surface area contributed by atoms with Crippen LogP contribution in [0.3, 0.4) is 0 Å². The van der Waals surface area contributed by atoms with Crippen LogP contribution in [0.25, 0.3) is 0 Å². The van der Waals surface area contributed by atoms with E-state index < -0.39 is 5.54 Å². The summed E-state index contributed by atoms with van der Waals surface area (Å²) < 4.78 is 0. The summed E-state index contributed by atoms with van der Waals surface area (Å²) in [6.07, 6.45) is 5.11. The van der Waals surface area contributed by atoms with Gasteiger partial charge in [-0.1, -0.05) is 26.2 Å². The van der Waals surface area contributed by atoms with Gasteiger partial charge in [-0.25, -0.2) is 9.78 Å². The molecule has 7 nitrogen and oxygen atoms in total. The molecule has 0 unspecified atom stereocenters. The summed E-state index contributed by atoms with van der Waals surface area (Å²) in [4.78, 5) is 45.8. The number of aryl methyl sites for hydroxylation is 2. The molecule has 4 amide bonds.